The molecule has 0 saturated carbocycles. The maximum absolute atomic E-state index is 14.0. The Labute approximate surface area is 166 Å². The predicted octanol–water partition coefficient (Wildman–Crippen LogP) is 2.19. The van der Waals surface area contributed by atoms with Gasteiger partial charge < -0.3 is 15.5 Å². The summed E-state index contributed by atoms with van der Waals surface area (Å²) in [5.74, 6) is 0.523. The van der Waals surface area contributed by atoms with Gasteiger partial charge in [-0.2, -0.15) is 0 Å². The molecule has 2 fully saturated rings. The molecule has 0 radical (unpaired) electrons. The van der Waals surface area contributed by atoms with Crippen molar-refractivity contribution in [2.24, 2.45) is 0 Å². The van der Waals surface area contributed by atoms with E-state index < -0.39 is 0 Å². The van der Waals surface area contributed by atoms with E-state index in [1.54, 1.807) is 24.5 Å². The van der Waals surface area contributed by atoms with E-state index in [1.807, 2.05) is 6.07 Å². The molecule has 0 bridgehead atoms. The molecule has 0 aliphatic carbocycles. The zero-order valence-corrected chi connectivity index (χ0v) is 16.5. The lowest BCUT2D eigenvalue weighted by Crippen LogP contribution is -2.43. The normalized spacial score (nSPS) is 19.6. The Kier molecular flexibility index (Phi) is 6.14. The largest absolute Gasteiger partial charge is 0.366 e. The maximum Gasteiger partial charge on any atom is 0.145 e. The Bertz CT molecular complexity index is 784. The van der Waals surface area contributed by atoms with Gasteiger partial charge in [-0.25, -0.2) is 9.37 Å². The second kappa shape index (κ2) is 8.94. The van der Waals surface area contributed by atoms with E-state index in [4.69, 9.17) is 4.98 Å². The van der Waals surface area contributed by atoms with E-state index in [1.165, 1.54) is 0 Å². The number of hydrogen-bond acceptors (Lipinski definition) is 6. The van der Waals surface area contributed by atoms with Gasteiger partial charge in [0.25, 0.3) is 0 Å². The fourth-order valence-electron chi connectivity index (χ4n) is 3.91. The molecular formula is C21H29FN6. The lowest BCUT2D eigenvalue weighted by atomic mass is 10.0. The lowest BCUT2D eigenvalue weighted by Gasteiger charge is -2.32. The molecule has 0 unspecified atom stereocenters. The van der Waals surface area contributed by atoms with Gasteiger partial charge in [-0.15, -0.1) is 0 Å². The van der Waals surface area contributed by atoms with E-state index in [9.17, 15) is 4.39 Å². The van der Waals surface area contributed by atoms with E-state index in [0.29, 0.717) is 6.04 Å². The summed E-state index contributed by atoms with van der Waals surface area (Å²) in [5, 5.41) is 6.86. The van der Waals surface area contributed by atoms with Gasteiger partial charge in [-0.05, 0) is 50.7 Å². The van der Waals surface area contributed by atoms with Gasteiger partial charge in [-0.3, -0.25) is 9.88 Å². The first-order valence-corrected chi connectivity index (χ1v) is 10.2. The number of rotatable bonds is 5. The van der Waals surface area contributed by atoms with Crippen LogP contribution in [0, 0.1) is 5.82 Å². The Morgan fingerprint density at radius 2 is 1.93 bits per heavy atom. The predicted molar refractivity (Wildman–Crippen MR) is 110 cm³/mol. The van der Waals surface area contributed by atoms with E-state index in [-0.39, 0.29) is 5.82 Å². The van der Waals surface area contributed by atoms with Crippen LogP contribution >= 0.6 is 0 Å². The molecule has 0 atom stereocenters. The monoisotopic (exact) mass is 384 g/mol. The summed E-state index contributed by atoms with van der Waals surface area (Å²) in [5.41, 5.74) is 2.65. The van der Waals surface area contributed by atoms with Crippen LogP contribution in [0.25, 0.3) is 11.3 Å². The van der Waals surface area contributed by atoms with Crippen LogP contribution in [-0.2, 0) is 6.54 Å². The van der Waals surface area contributed by atoms with Crippen molar-refractivity contribution in [1.82, 2.24) is 25.1 Å². The van der Waals surface area contributed by atoms with Gasteiger partial charge in [-0.1, -0.05) is 6.07 Å². The molecular weight excluding hydrogens is 355 g/mol. The molecule has 2 aliphatic rings. The lowest BCUT2D eigenvalue weighted by molar-refractivity contribution is 0.148. The Morgan fingerprint density at radius 3 is 2.71 bits per heavy atom. The summed E-state index contributed by atoms with van der Waals surface area (Å²) in [6.07, 6.45) is 5.63. The van der Waals surface area contributed by atoms with Crippen molar-refractivity contribution >= 4 is 5.82 Å². The molecule has 3 heterocycles. The molecule has 0 amide bonds. The molecule has 4 rings (SSSR count). The third kappa shape index (κ3) is 4.84. The molecule has 2 saturated heterocycles. The standard InChI is InChI=1S/C21H29FN6/c1-27-8-10-28(11-9-27)15-16-2-3-17(22)12-19(16)20-13-24-14-21(26-20)25-18-4-6-23-7-5-18/h2-3,12-14,18,23H,4-11,15H2,1H3,(H,25,26). The molecule has 150 valence electrons. The summed E-state index contributed by atoms with van der Waals surface area (Å²) >= 11 is 0. The number of nitrogens with zero attached hydrogens (tertiary/aromatic N) is 4. The number of benzene rings is 1. The first kappa shape index (κ1) is 19.2. The SMILES string of the molecule is CN1CCN(Cc2ccc(F)cc2-c2cncc(NC3CCNCC3)n2)CC1. The van der Waals surface area contributed by atoms with Gasteiger partial charge in [0.2, 0.25) is 0 Å². The summed E-state index contributed by atoms with van der Waals surface area (Å²) in [7, 11) is 2.15. The summed E-state index contributed by atoms with van der Waals surface area (Å²) in [6, 6.07) is 5.42. The Hall–Kier alpha value is -2.09. The Balaban J connectivity index is 1.54. The van der Waals surface area contributed by atoms with E-state index in [2.05, 4.69) is 32.5 Å². The number of halogens is 1. The zero-order chi connectivity index (χ0) is 19.3. The second-order valence-electron chi connectivity index (χ2n) is 7.84. The fraction of sp³-hybridized carbons (Fsp3) is 0.524. The highest BCUT2D eigenvalue weighted by Gasteiger charge is 2.18. The van der Waals surface area contributed by atoms with Crippen molar-refractivity contribution < 1.29 is 4.39 Å². The van der Waals surface area contributed by atoms with E-state index >= 15 is 0 Å². The first-order valence-electron chi connectivity index (χ1n) is 10.2. The molecule has 2 N–H and O–H groups in total. The number of piperidine rings is 1. The molecule has 2 aromatic rings. The Morgan fingerprint density at radius 1 is 1.14 bits per heavy atom. The highest BCUT2D eigenvalue weighted by Crippen LogP contribution is 2.25. The molecule has 7 heteroatoms. The van der Waals surface area contributed by atoms with Crippen molar-refractivity contribution in [2.45, 2.75) is 25.4 Å². The van der Waals surface area contributed by atoms with Crippen LogP contribution in [0.15, 0.2) is 30.6 Å². The maximum atomic E-state index is 14.0. The van der Waals surface area contributed by atoms with Gasteiger partial charge in [0.05, 0.1) is 18.1 Å². The average Bonchev–Trinajstić information content (AvgIpc) is 2.72. The molecule has 2 aliphatic heterocycles. The van der Waals surface area contributed by atoms with Crippen LogP contribution in [0.2, 0.25) is 0 Å². The van der Waals surface area contributed by atoms with Crippen LogP contribution < -0.4 is 10.6 Å². The number of aromatic nitrogens is 2. The smallest absolute Gasteiger partial charge is 0.145 e. The van der Waals surface area contributed by atoms with Crippen molar-refractivity contribution in [3.05, 3.63) is 42.0 Å². The third-order valence-corrected chi connectivity index (χ3v) is 5.66. The minimum atomic E-state index is -0.240. The van der Waals surface area contributed by atoms with E-state index in [0.717, 1.165) is 81.3 Å². The van der Waals surface area contributed by atoms with Crippen molar-refractivity contribution in [3.8, 4) is 11.3 Å². The number of nitrogens with one attached hydrogen (secondary N) is 2. The summed E-state index contributed by atoms with van der Waals surface area (Å²) in [6.45, 7) is 7.01. The number of anilines is 1. The number of likely N-dealkylation sites (N-methyl/N-ethyl adjacent to an activating group) is 1. The van der Waals surface area contributed by atoms with Crippen LogP contribution in [0.3, 0.4) is 0 Å². The van der Waals surface area contributed by atoms with Crippen LogP contribution in [0.4, 0.5) is 10.2 Å². The zero-order valence-electron chi connectivity index (χ0n) is 16.5. The average molecular weight is 385 g/mol. The van der Waals surface area contributed by atoms with Crippen molar-refractivity contribution in [3.63, 3.8) is 0 Å². The first-order chi connectivity index (χ1) is 13.7. The minimum Gasteiger partial charge on any atom is -0.366 e. The molecule has 6 nitrogen and oxygen atoms in total. The quantitative estimate of drug-likeness (QED) is 0.824. The van der Waals surface area contributed by atoms with Gasteiger partial charge in [0.1, 0.15) is 11.6 Å². The fourth-order valence-corrected chi connectivity index (χ4v) is 3.91. The topological polar surface area (TPSA) is 56.3 Å². The minimum absolute atomic E-state index is 0.240. The molecule has 1 aromatic heterocycles. The second-order valence-corrected chi connectivity index (χ2v) is 7.84. The highest BCUT2D eigenvalue weighted by molar-refractivity contribution is 5.64. The van der Waals surface area contributed by atoms with Crippen LogP contribution in [0.5, 0.6) is 0 Å². The highest BCUT2D eigenvalue weighted by atomic mass is 19.1. The third-order valence-electron chi connectivity index (χ3n) is 5.66. The van der Waals surface area contributed by atoms with Gasteiger partial charge in [0.15, 0.2) is 0 Å². The van der Waals surface area contributed by atoms with Crippen LogP contribution in [-0.4, -0.2) is 72.1 Å². The van der Waals surface area contributed by atoms with Gasteiger partial charge in [0, 0.05) is 44.3 Å². The molecule has 1 aromatic carbocycles. The summed E-state index contributed by atoms with van der Waals surface area (Å²) in [4.78, 5) is 13.9. The molecule has 28 heavy (non-hydrogen) atoms. The van der Waals surface area contributed by atoms with Crippen LogP contribution in [0.1, 0.15) is 18.4 Å². The summed E-state index contributed by atoms with van der Waals surface area (Å²) < 4.78 is 14.0. The number of piperazine rings is 1. The van der Waals surface area contributed by atoms with Gasteiger partial charge >= 0.3 is 0 Å². The number of hydrogen-bond donors (Lipinski definition) is 2. The molecule has 0 spiro atoms. The van der Waals surface area contributed by atoms with Crippen molar-refractivity contribution in [1.29, 1.82) is 0 Å². The van der Waals surface area contributed by atoms with Crippen molar-refractivity contribution in [2.75, 3.05) is 51.6 Å².